The second kappa shape index (κ2) is 8.61. The Labute approximate surface area is 194 Å². The zero-order valence-electron chi connectivity index (χ0n) is 16.6. The molecule has 5 rings (SSSR count). The molecule has 1 saturated heterocycles. The van der Waals surface area contributed by atoms with E-state index < -0.39 is 0 Å². The maximum atomic E-state index is 5.79. The first-order chi connectivity index (χ1) is 15.2. The van der Waals surface area contributed by atoms with Crippen molar-refractivity contribution in [2.24, 2.45) is 0 Å². The van der Waals surface area contributed by atoms with Crippen molar-refractivity contribution in [1.29, 1.82) is 0 Å². The van der Waals surface area contributed by atoms with E-state index >= 15 is 0 Å². The Bertz CT molecular complexity index is 1190. The van der Waals surface area contributed by atoms with E-state index in [1.807, 2.05) is 60.9 Å². The van der Waals surface area contributed by atoms with Gasteiger partial charge in [0.05, 0.1) is 30.0 Å². The molecule has 0 spiro atoms. The Kier molecular flexibility index (Phi) is 5.53. The van der Waals surface area contributed by atoms with E-state index in [1.54, 1.807) is 0 Å². The van der Waals surface area contributed by atoms with E-state index in [9.17, 15) is 0 Å². The Morgan fingerprint density at radius 2 is 1.77 bits per heavy atom. The van der Waals surface area contributed by atoms with Crippen LogP contribution in [0.5, 0.6) is 0 Å². The summed E-state index contributed by atoms with van der Waals surface area (Å²) in [6, 6.07) is 24.4. The molecule has 1 N–H and O–H groups in total. The second-order valence-corrected chi connectivity index (χ2v) is 8.66. The number of nitrogens with one attached hydrogen (secondary N) is 1. The van der Waals surface area contributed by atoms with Crippen molar-refractivity contribution >= 4 is 33.3 Å². The van der Waals surface area contributed by atoms with Gasteiger partial charge in [-0.25, -0.2) is 0 Å². The van der Waals surface area contributed by atoms with Crippen LogP contribution in [0.2, 0.25) is 0 Å². The number of thiocarbonyl (C=S) groups is 1. The first-order valence-corrected chi connectivity index (χ1v) is 11.2. The van der Waals surface area contributed by atoms with Crippen LogP contribution in [0.15, 0.2) is 95.9 Å². The quantitative estimate of drug-likeness (QED) is 0.390. The molecule has 4 aromatic rings. The molecule has 1 aliphatic rings. The first kappa shape index (κ1) is 19.9. The van der Waals surface area contributed by atoms with Gasteiger partial charge < -0.3 is 14.8 Å². The average molecular weight is 490 g/mol. The smallest absolute Gasteiger partial charge is 0.170 e. The van der Waals surface area contributed by atoms with Crippen molar-refractivity contribution in [2.75, 3.05) is 0 Å². The van der Waals surface area contributed by atoms with E-state index in [0.29, 0.717) is 11.7 Å². The van der Waals surface area contributed by atoms with Crippen molar-refractivity contribution in [2.45, 2.75) is 18.6 Å². The summed E-state index contributed by atoms with van der Waals surface area (Å²) < 4.78 is 3.25. The minimum Gasteiger partial charge on any atom is -0.352 e. The van der Waals surface area contributed by atoms with E-state index in [2.05, 4.69) is 71.1 Å². The van der Waals surface area contributed by atoms with Gasteiger partial charge in [0, 0.05) is 34.4 Å². The van der Waals surface area contributed by atoms with Crippen LogP contribution < -0.4 is 5.32 Å². The Balaban J connectivity index is 1.61. The molecule has 0 amide bonds. The maximum absolute atomic E-state index is 5.79. The molecule has 2 atom stereocenters. The predicted molar refractivity (Wildman–Crippen MR) is 129 cm³/mol. The lowest BCUT2D eigenvalue weighted by Crippen LogP contribution is -2.30. The van der Waals surface area contributed by atoms with Gasteiger partial charge in [-0.05, 0) is 66.8 Å². The Morgan fingerprint density at radius 1 is 0.935 bits per heavy atom. The fourth-order valence-corrected chi connectivity index (χ4v) is 4.75. The Morgan fingerprint density at radius 3 is 2.52 bits per heavy atom. The standard InChI is InChI=1S/C24H20BrN5S/c25-17-7-5-9-19(15-17)29-14-6-11-21(29)23-22(20-10-2-4-13-27-20)28-24(31)30(23)16-18-8-1-3-12-26-18/h1-15,22-23H,16H2,(H,28,31). The molecule has 7 heteroatoms. The van der Waals surface area contributed by atoms with Gasteiger partial charge in [-0.2, -0.15) is 0 Å². The molecule has 1 fully saturated rings. The van der Waals surface area contributed by atoms with Gasteiger partial charge in [0.15, 0.2) is 5.11 Å². The summed E-state index contributed by atoms with van der Waals surface area (Å²) in [4.78, 5) is 11.4. The number of halogens is 1. The zero-order valence-corrected chi connectivity index (χ0v) is 19.0. The molecular weight excluding hydrogens is 470 g/mol. The van der Waals surface area contributed by atoms with E-state index in [0.717, 1.165) is 27.2 Å². The van der Waals surface area contributed by atoms with Gasteiger partial charge in [0.1, 0.15) is 0 Å². The fraction of sp³-hybridized carbons (Fsp3) is 0.125. The number of hydrogen-bond acceptors (Lipinski definition) is 3. The molecular formula is C24H20BrN5S. The van der Waals surface area contributed by atoms with Crippen LogP contribution in [0, 0.1) is 0 Å². The SMILES string of the molecule is S=C1NC(c2ccccn2)C(c2cccn2-c2cccc(Br)c2)N1Cc1ccccn1. The predicted octanol–water partition coefficient (Wildman–Crippen LogP) is 5.20. The lowest BCUT2D eigenvalue weighted by Gasteiger charge is -2.28. The molecule has 0 saturated carbocycles. The molecule has 5 nitrogen and oxygen atoms in total. The Hall–Kier alpha value is -3.03. The van der Waals surface area contributed by atoms with Crippen molar-refractivity contribution in [3.05, 3.63) is 113 Å². The van der Waals surface area contributed by atoms with Crippen molar-refractivity contribution in [3.8, 4) is 5.69 Å². The number of aromatic nitrogens is 3. The molecule has 31 heavy (non-hydrogen) atoms. The topological polar surface area (TPSA) is 46.0 Å². The zero-order chi connectivity index (χ0) is 21.2. The largest absolute Gasteiger partial charge is 0.352 e. The summed E-state index contributed by atoms with van der Waals surface area (Å²) in [5.74, 6) is 0. The van der Waals surface area contributed by atoms with Gasteiger partial charge in [-0.15, -0.1) is 0 Å². The average Bonchev–Trinajstić information content (AvgIpc) is 3.40. The lowest BCUT2D eigenvalue weighted by atomic mass is 10.0. The first-order valence-electron chi connectivity index (χ1n) is 10.0. The fourth-order valence-electron chi connectivity index (χ4n) is 4.06. The molecule has 1 aliphatic heterocycles. The lowest BCUT2D eigenvalue weighted by molar-refractivity contribution is 0.299. The van der Waals surface area contributed by atoms with Crippen molar-refractivity contribution in [3.63, 3.8) is 0 Å². The van der Waals surface area contributed by atoms with Gasteiger partial charge >= 0.3 is 0 Å². The van der Waals surface area contributed by atoms with Crippen LogP contribution in [-0.2, 0) is 6.54 Å². The normalized spacial score (nSPS) is 18.2. The van der Waals surface area contributed by atoms with Gasteiger partial charge in [-0.3, -0.25) is 9.97 Å². The third-order valence-corrected chi connectivity index (χ3v) is 6.27. The van der Waals surface area contributed by atoms with E-state index in [1.165, 1.54) is 0 Å². The van der Waals surface area contributed by atoms with Crippen LogP contribution >= 0.6 is 28.1 Å². The number of nitrogens with zero attached hydrogens (tertiary/aromatic N) is 4. The molecule has 3 aromatic heterocycles. The highest BCUT2D eigenvalue weighted by molar-refractivity contribution is 9.10. The summed E-state index contributed by atoms with van der Waals surface area (Å²) >= 11 is 9.39. The van der Waals surface area contributed by atoms with Gasteiger partial charge in [-0.1, -0.05) is 34.1 Å². The summed E-state index contributed by atoms with van der Waals surface area (Å²) in [5.41, 5.74) is 4.15. The second-order valence-electron chi connectivity index (χ2n) is 7.36. The number of hydrogen-bond donors (Lipinski definition) is 1. The number of rotatable bonds is 5. The highest BCUT2D eigenvalue weighted by atomic mass is 79.9. The van der Waals surface area contributed by atoms with E-state index in [4.69, 9.17) is 12.2 Å². The molecule has 0 radical (unpaired) electrons. The third-order valence-electron chi connectivity index (χ3n) is 5.43. The highest BCUT2D eigenvalue weighted by Gasteiger charge is 2.41. The molecule has 0 bridgehead atoms. The van der Waals surface area contributed by atoms with Crippen molar-refractivity contribution < 1.29 is 0 Å². The molecule has 2 unspecified atom stereocenters. The molecule has 4 heterocycles. The maximum Gasteiger partial charge on any atom is 0.170 e. The van der Waals surface area contributed by atoms with Gasteiger partial charge in [0.25, 0.3) is 0 Å². The number of benzene rings is 1. The highest BCUT2D eigenvalue weighted by Crippen LogP contribution is 2.40. The molecule has 1 aromatic carbocycles. The van der Waals surface area contributed by atoms with Crippen LogP contribution in [-0.4, -0.2) is 24.5 Å². The monoisotopic (exact) mass is 489 g/mol. The summed E-state index contributed by atoms with van der Waals surface area (Å²) in [7, 11) is 0. The van der Waals surface area contributed by atoms with Crippen LogP contribution in [0.4, 0.5) is 0 Å². The summed E-state index contributed by atoms with van der Waals surface area (Å²) in [6.45, 7) is 0.615. The van der Waals surface area contributed by atoms with Crippen LogP contribution in [0.25, 0.3) is 5.69 Å². The van der Waals surface area contributed by atoms with Gasteiger partial charge in [0.2, 0.25) is 0 Å². The molecule has 154 valence electrons. The van der Waals surface area contributed by atoms with Crippen LogP contribution in [0.1, 0.15) is 29.2 Å². The minimum atomic E-state index is -0.0711. The van der Waals surface area contributed by atoms with E-state index in [-0.39, 0.29) is 12.1 Å². The summed E-state index contributed by atoms with van der Waals surface area (Å²) in [6.07, 6.45) is 5.73. The summed E-state index contributed by atoms with van der Waals surface area (Å²) in [5, 5.41) is 4.22. The van der Waals surface area contributed by atoms with Crippen LogP contribution in [0.3, 0.4) is 0 Å². The molecule has 0 aliphatic carbocycles. The number of pyridine rings is 2. The third kappa shape index (κ3) is 3.98. The minimum absolute atomic E-state index is 0.0432. The van der Waals surface area contributed by atoms with Crippen molar-refractivity contribution in [1.82, 2.24) is 24.8 Å².